The Morgan fingerprint density at radius 2 is 1.68 bits per heavy atom. The Labute approximate surface area is 152 Å². The van der Waals surface area contributed by atoms with Crippen LogP contribution in [0.4, 0.5) is 0 Å². The molecule has 25 heavy (non-hydrogen) atoms. The van der Waals surface area contributed by atoms with Gasteiger partial charge in [-0.15, -0.1) is 0 Å². The highest BCUT2D eigenvalue weighted by molar-refractivity contribution is 7.92. The van der Waals surface area contributed by atoms with Crippen molar-refractivity contribution in [1.82, 2.24) is 4.90 Å². The number of amides is 1. The first-order valence-corrected chi connectivity index (χ1v) is 10.8. The van der Waals surface area contributed by atoms with Gasteiger partial charge in [0.1, 0.15) is 5.25 Å². The van der Waals surface area contributed by atoms with Gasteiger partial charge in [0.25, 0.3) is 0 Å². The van der Waals surface area contributed by atoms with Crippen LogP contribution in [0.2, 0.25) is 0 Å². The molecule has 1 atom stereocenters. The Hall–Kier alpha value is -1.36. The number of benzene rings is 1. The minimum Gasteiger partial charge on any atom is -0.342 e. The summed E-state index contributed by atoms with van der Waals surface area (Å²) in [6.45, 7) is 11.4. The molecule has 5 heteroatoms. The third-order valence-electron chi connectivity index (χ3n) is 5.17. The highest BCUT2D eigenvalue weighted by Gasteiger charge is 2.33. The molecular formula is C20H31NO3S. The van der Waals surface area contributed by atoms with Gasteiger partial charge in [-0.1, -0.05) is 52.0 Å². The Bertz CT molecular complexity index is 693. The van der Waals surface area contributed by atoms with Crippen LogP contribution in [0.5, 0.6) is 0 Å². The number of sulfone groups is 1. The van der Waals surface area contributed by atoms with E-state index in [0.29, 0.717) is 19.0 Å². The largest absolute Gasteiger partial charge is 0.342 e. The minimum atomic E-state index is -3.51. The number of likely N-dealkylation sites (tertiary alicyclic amines) is 1. The maximum Gasteiger partial charge on any atom is 0.240 e. The van der Waals surface area contributed by atoms with Crippen LogP contribution in [0, 0.1) is 5.92 Å². The van der Waals surface area contributed by atoms with Crippen molar-refractivity contribution < 1.29 is 13.2 Å². The second-order valence-corrected chi connectivity index (χ2v) is 10.7. The van der Waals surface area contributed by atoms with Gasteiger partial charge in [-0.2, -0.15) is 0 Å². The second kappa shape index (κ2) is 7.48. The molecule has 4 nitrogen and oxygen atoms in total. The molecule has 0 N–H and O–H groups in total. The van der Waals surface area contributed by atoms with Gasteiger partial charge in [0, 0.05) is 13.1 Å². The Morgan fingerprint density at radius 3 is 2.16 bits per heavy atom. The molecule has 1 aromatic rings. The summed E-state index contributed by atoms with van der Waals surface area (Å²) in [7, 11) is -3.51. The molecule has 1 saturated heterocycles. The van der Waals surface area contributed by atoms with Gasteiger partial charge >= 0.3 is 0 Å². The van der Waals surface area contributed by atoms with Crippen molar-refractivity contribution in [3.63, 3.8) is 0 Å². The molecule has 0 aromatic heterocycles. The molecule has 0 bridgehead atoms. The van der Waals surface area contributed by atoms with Crippen molar-refractivity contribution in [2.24, 2.45) is 5.92 Å². The fourth-order valence-electron chi connectivity index (χ4n) is 3.10. The summed E-state index contributed by atoms with van der Waals surface area (Å²) in [5.41, 5.74) is 1.94. The van der Waals surface area contributed by atoms with Crippen LogP contribution in [0.3, 0.4) is 0 Å². The van der Waals surface area contributed by atoms with Gasteiger partial charge in [0.15, 0.2) is 9.84 Å². The minimum absolute atomic E-state index is 0.0338. The lowest BCUT2D eigenvalue weighted by Crippen LogP contribution is -2.45. The van der Waals surface area contributed by atoms with Gasteiger partial charge in [0.05, 0.1) is 5.75 Å². The van der Waals surface area contributed by atoms with E-state index in [0.717, 1.165) is 18.4 Å². The summed E-state index contributed by atoms with van der Waals surface area (Å²) < 4.78 is 25.4. The third kappa shape index (κ3) is 5.06. The molecule has 140 valence electrons. The highest BCUT2D eigenvalue weighted by atomic mass is 32.2. The first-order chi connectivity index (χ1) is 11.5. The van der Waals surface area contributed by atoms with Crippen LogP contribution >= 0.6 is 0 Å². The lowest BCUT2D eigenvalue weighted by molar-refractivity contribution is -0.131. The maximum absolute atomic E-state index is 12.7. The van der Waals surface area contributed by atoms with Crippen molar-refractivity contribution in [2.45, 2.75) is 63.9 Å². The van der Waals surface area contributed by atoms with Crippen molar-refractivity contribution in [3.8, 4) is 0 Å². The quantitative estimate of drug-likeness (QED) is 0.820. The van der Waals surface area contributed by atoms with Gasteiger partial charge in [-0.25, -0.2) is 8.42 Å². The monoisotopic (exact) mass is 365 g/mol. The van der Waals surface area contributed by atoms with E-state index in [1.807, 2.05) is 24.3 Å². The van der Waals surface area contributed by atoms with Crippen LogP contribution in [-0.2, 0) is 25.8 Å². The van der Waals surface area contributed by atoms with Gasteiger partial charge in [0.2, 0.25) is 5.91 Å². The predicted octanol–water partition coefficient (Wildman–Crippen LogP) is 3.55. The molecule has 2 rings (SSSR count). The first-order valence-electron chi connectivity index (χ1n) is 9.10. The number of carbonyl (C=O) groups excluding carboxylic acids is 1. The summed E-state index contributed by atoms with van der Waals surface area (Å²) in [4.78, 5) is 14.3. The van der Waals surface area contributed by atoms with Gasteiger partial charge in [-0.3, -0.25) is 4.79 Å². The summed E-state index contributed by atoms with van der Waals surface area (Å²) in [6, 6.07) is 7.67. The molecule has 0 unspecified atom stereocenters. The van der Waals surface area contributed by atoms with Crippen molar-refractivity contribution >= 4 is 15.7 Å². The van der Waals surface area contributed by atoms with Crippen LogP contribution in [0.1, 0.15) is 58.6 Å². The zero-order valence-corrected chi connectivity index (χ0v) is 16.9. The third-order valence-corrected chi connectivity index (χ3v) is 7.18. The van der Waals surface area contributed by atoms with E-state index < -0.39 is 15.1 Å². The Kier molecular flexibility index (Phi) is 5.97. The molecular weight excluding hydrogens is 334 g/mol. The van der Waals surface area contributed by atoms with E-state index in [1.165, 1.54) is 12.5 Å². The Morgan fingerprint density at radius 1 is 1.16 bits per heavy atom. The van der Waals surface area contributed by atoms with Crippen LogP contribution < -0.4 is 0 Å². The lowest BCUT2D eigenvalue weighted by atomic mass is 9.87. The SMILES string of the molecule is CC1CCN(C(=O)[C@@H](C)S(=O)(=O)Cc2ccc(C(C)(C)C)cc2)CC1. The fourth-order valence-corrected chi connectivity index (χ4v) is 4.46. The van der Waals surface area contributed by atoms with Crippen LogP contribution in [-0.4, -0.2) is 37.6 Å². The molecule has 1 aromatic carbocycles. The first kappa shape index (κ1) is 20.0. The zero-order valence-electron chi connectivity index (χ0n) is 16.1. The zero-order chi connectivity index (χ0) is 18.8. The number of hydrogen-bond donors (Lipinski definition) is 0. The molecule has 1 aliphatic rings. The second-order valence-electron chi connectivity index (χ2n) is 8.40. The summed E-state index contributed by atoms with van der Waals surface area (Å²) in [6.07, 6.45) is 1.90. The molecule has 0 radical (unpaired) electrons. The lowest BCUT2D eigenvalue weighted by Gasteiger charge is -2.32. The van der Waals surface area contributed by atoms with Crippen molar-refractivity contribution in [2.75, 3.05) is 13.1 Å². The van der Waals surface area contributed by atoms with Crippen LogP contribution in [0.25, 0.3) is 0 Å². The molecule has 1 aliphatic heterocycles. The molecule has 0 spiro atoms. The van der Waals surface area contributed by atoms with E-state index in [4.69, 9.17) is 0 Å². The van der Waals surface area contributed by atoms with E-state index in [9.17, 15) is 13.2 Å². The molecule has 0 saturated carbocycles. The van der Waals surface area contributed by atoms with E-state index >= 15 is 0 Å². The number of nitrogens with zero attached hydrogens (tertiary/aromatic N) is 1. The number of piperidine rings is 1. The molecule has 1 amide bonds. The molecule has 0 aliphatic carbocycles. The number of carbonyl (C=O) groups is 1. The summed E-state index contributed by atoms with van der Waals surface area (Å²) in [5.74, 6) is 0.268. The number of hydrogen-bond acceptors (Lipinski definition) is 3. The summed E-state index contributed by atoms with van der Waals surface area (Å²) >= 11 is 0. The predicted molar refractivity (Wildman–Crippen MR) is 102 cm³/mol. The highest BCUT2D eigenvalue weighted by Crippen LogP contribution is 2.24. The van der Waals surface area contributed by atoms with Crippen LogP contribution in [0.15, 0.2) is 24.3 Å². The smallest absolute Gasteiger partial charge is 0.240 e. The van der Waals surface area contributed by atoms with Gasteiger partial charge in [-0.05, 0) is 42.2 Å². The van der Waals surface area contributed by atoms with E-state index in [-0.39, 0.29) is 17.1 Å². The summed E-state index contributed by atoms with van der Waals surface area (Å²) in [5, 5.41) is -0.983. The average molecular weight is 366 g/mol. The topological polar surface area (TPSA) is 54.5 Å². The van der Waals surface area contributed by atoms with E-state index in [2.05, 4.69) is 27.7 Å². The maximum atomic E-state index is 12.7. The Balaban J connectivity index is 2.06. The van der Waals surface area contributed by atoms with E-state index in [1.54, 1.807) is 4.90 Å². The molecule has 1 fully saturated rings. The standard InChI is InChI=1S/C20H31NO3S/c1-15-10-12-21(13-11-15)19(22)16(2)25(23,24)14-17-6-8-18(9-7-17)20(3,4)5/h6-9,15-16H,10-14H2,1-5H3/t16-/m1/s1. The number of rotatable bonds is 4. The fraction of sp³-hybridized carbons (Fsp3) is 0.650. The van der Waals surface area contributed by atoms with Crippen molar-refractivity contribution in [1.29, 1.82) is 0 Å². The van der Waals surface area contributed by atoms with Gasteiger partial charge < -0.3 is 4.90 Å². The normalized spacial score (nSPS) is 18.2. The van der Waals surface area contributed by atoms with Crippen molar-refractivity contribution in [3.05, 3.63) is 35.4 Å². The molecule has 1 heterocycles. The average Bonchev–Trinajstić information content (AvgIpc) is 2.53.